The summed E-state index contributed by atoms with van der Waals surface area (Å²) in [5, 5.41) is 14.0. The van der Waals surface area contributed by atoms with Crippen LogP contribution in [0.15, 0.2) is 12.3 Å². The third-order valence-corrected chi connectivity index (χ3v) is 3.26. The van der Waals surface area contributed by atoms with Crippen molar-refractivity contribution in [1.82, 2.24) is 4.98 Å². The van der Waals surface area contributed by atoms with Crippen molar-refractivity contribution in [2.75, 3.05) is 11.9 Å². The number of anilines is 1. The average Bonchev–Trinajstić information content (AvgIpc) is 2.25. The second-order valence-electron chi connectivity index (χ2n) is 5.79. The molecule has 0 aliphatic rings. The fraction of sp³-hybridized carbons (Fsp3) is 0.615. The molecule has 5 heteroatoms. The van der Waals surface area contributed by atoms with Gasteiger partial charge in [-0.15, -0.1) is 0 Å². The lowest BCUT2D eigenvalue weighted by Crippen LogP contribution is -2.25. The minimum absolute atomic E-state index is 0.0381. The zero-order chi connectivity index (χ0) is 13.9. The SMILES string of the molecule is Cc1cnc(NCC(C)C(C)(C)C)c([N+](=O)[O-])c1. The molecule has 1 rings (SSSR count). The first-order valence-corrected chi connectivity index (χ1v) is 6.06. The van der Waals surface area contributed by atoms with Crippen molar-refractivity contribution in [1.29, 1.82) is 0 Å². The molecule has 18 heavy (non-hydrogen) atoms. The lowest BCUT2D eigenvalue weighted by molar-refractivity contribution is -0.384. The summed E-state index contributed by atoms with van der Waals surface area (Å²) in [6.07, 6.45) is 1.64. The summed E-state index contributed by atoms with van der Waals surface area (Å²) in [5.74, 6) is 0.738. The summed E-state index contributed by atoms with van der Waals surface area (Å²) in [6, 6.07) is 1.54. The van der Waals surface area contributed by atoms with Crippen molar-refractivity contribution in [2.24, 2.45) is 11.3 Å². The molecule has 0 saturated carbocycles. The molecular formula is C13H21N3O2. The maximum atomic E-state index is 10.9. The average molecular weight is 251 g/mol. The molecule has 1 aromatic heterocycles. The van der Waals surface area contributed by atoms with E-state index in [0.29, 0.717) is 18.3 Å². The first-order valence-electron chi connectivity index (χ1n) is 6.06. The Morgan fingerprint density at radius 1 is 1.50 bits per heavy atom. The van der Waals surface area contributed by atoms with Crippen LogP contribution in [-0.4, -0.2) is 16.5 Å². The van der Waals surface area contributed by atoms with Crippen molar-refractivity contribution < 1.29 is 4.92 Å². The van der Waals surface area contributed by atoms with Crippen molar-refractivity contribution in [3.63, 3.8) is 0 Å². The van der Waals surface area contributed by atoms with E-state index >= 15 is 0 Å². The number of nitro groups is 1. The molecule has 1 N–H and O–H groups in total. The van der Waals surface area contributed by atoms with Crippen molar-refractivity contribution in [3.8, 4) is 0 Å². The molecule has 0 aliphatic carbocycles. The Balaban J connectivity index is 2.82. The fourth-order valence-electron chi connectivity index (χ4n) is 1.39. The molecule has 1 atom stereocenters. The lowest BCUT2D eigenvalue weighted by Gasteiger charge is -2.27. The quantitative estimate of drug-likeness (QED) is 0.658. The van der Waals surface area contributed by atoms with Crippen LogP contribution in [0.1, 0.15) is 33.3 Å². The molecule has 1 heterocycles. The van der Waals surface area contributed by atoms with Gasteiger partial charge in [0.25, 0.3) is 0 Å². The molecule has 0 radical (unpaired) electrons. The van der Waals surface area contributed by atoms with Gasteiger partial charge < -0.3 is 5.32 Å². The van der Waals surface area contributed by atoms with Gasteiger partial charge in [-0.05, 0) is 23.8 Å². The predicted molar refractivity (Wildman–Crippen MR) is 72.7 cm³/mol. The standard InChI is InChI=1S/C13H21N3O2/c1-9-6-11(16(17)18)12(14-7-9)15-8-10(2)13(3,4)5/h6-7,10H,8H2,1-5H3,(H,14,15). The molecule has 0 saturated heterocycles. The van der Waals surface area contributed by atoms with E-state index in [1.54, 1.807) is 13.1 Å². The summed E-state index contributed by atoms with van der Waals surface area (Å²) < 4.78 is 0. The number of hydrogen-bond acceptors (Lipinski definition) is 4. The van der Waals surface area contributed by atoms with E-state index in [1.807, 2.05) is 0 Å². The minimum Gasteiger partial charge on any atom is -0.364 e. The molecule has 0 aliphatic heterocycles. The Morgan fingerprint density at radius 3 is 2.61 bits per heavy atom. The van der Waals surface area contributed by atoms with Crippen molar-refractivity contribution in [3.05, 3.63) is 27.9 Å². The topological polar surface area (TPSA) is 68.1 Å². The van der Waals surface area contributed by atoms with E-state index in [0.717, 1.165) is 5.56 Å². The van der Waals surface area contributed by atoms with E-state index in [2.05, 4.69) is 38.0 Å². The Kier molecular flexibility index (Phi) is 4.27. The summed E-state index contributed by atoms with van der Waals surface area (Å²) in [4.78, 5) is 14.6. The molecule has 5 nitrogen and oxygen atoms in total. The first-order chi connectivity index (χ1) is 8.21. The Labute approximate surface area is 108 Å². The van der Waals surface area contributed by atoms with Crippen LogP contribution in [0.3, 0.4) is 0 Å². The minimum atomic E-state index is -0.399. The molecule has 100 valence electrons. The Bertz CT molecular complexity index is 438. The molecule has 0 fully saturated rings. The highest BCUT2D eigenvalue weighted by atomic mass is 16.6. The van der Waals surface area contributed by atoms with Gasteiger partial charge in [-0.25, -0.2) is 4.98 Å². The maximum absolute atomic E-state index is 10.9. The number of pyridine rings is 1. The van der Waals surface area contributed by atoms with Crippen LogP contribution < -0.4 is 5.32 Å². The van der Waals surface area contributed by atoms with Gasteiger partial charge in [0.05, 0.1) is 4.92 Å². The van der Waals surface area contributed by atoms with Gasteiger partial charge in [0.2, 0.25) is 5.82 Å². The predicted octanol–water partition coefficient (Wildman–Crippen LogP) is 3.39. The number of rotatable bonds is 4. The molecule has 0 amide bonds. The molecular weight excluding hydrogens is 230 g/mol. The summed E-state index contributed by atoms with van der Waals surface area (Å²) >= 11 is 0. The largest absolute Gasteiger partial charge is 0.364 e. The van der Waals surface area contributed by atoms with Gasteiger partial charge in [-0.1, -0.05) is 27.7 Å². The van der Waals surface area contributed by atoms with Gasteiger partial charge >= 0.3 is 5.69 Å². The van der Waals surface area contributed by atoms with Crippen LogP contribution >= 0.6 is 0 Å². The van der Waals surface area contributed by atoms with E-state index in [-0.39, 0.29) is 11.1 Å². The Hall–Kier alpha value is -1.65. The number of hydrogen-bond donors (Lipinski definition) is 1. The monoisotopic (exact) mass is 251 g/mol. The summed E-state index contributed by atoms with van der Waals surface area (Å²) in [5.41, 5.74) is 0.985. The molecule has 0 spiro atoms. The van der Waals surface area contributed by atoms with E-state index < -0.39 is 4.92 Å². The molecule has 1 unspecified atom stereocenters. The van der Waals surface area contributed by atoms with Gasteiger partial charge in [0, 0.05) is 18.8 Å². The van der Waals surface area contributed by atoms with Gasteiger partial charge in [0.15, 0.2) is 0 Å². The molecule has 0 aromatic carbocycles. The number of aromatic nitrogens is 1. The summed E-state index contributed by atoms with van der Waals surface area (Å²) in [6.45, 7) is 11.0. The summed E-state index contributed by atoms with van der Waals surface area (Å²) in [7, 11) is 0. The normalized spacial score (nSPS) is 13.2. The smallest absolute Gasteiger partial charge is 0.311 e. The van der Waals surface area contributed by atoms with Crippen LogP contribution in [-0.2, 0) is 0 Å². The maximum Gasteiger partial charge on any atom is 0.311 e. The zero-order valence-corrected chi connectivity index (χ0v) is 11.7. The van der Waals surface area contributed by atoms with Crippen LogP contribution in [0.25, 0.3) is 0 Å². The lowest BCUT2D eigenvalue weighted by atomic mass is 9.82. The third kappa shape index (κ3) is 3.68. The number of nitrogens with zero attached hydrogens (tertiary/aromatic N) is 2. The van der Waals surface area contributed by atoms with Gasteiger partial charge in [-0.2, -0.15) is 0 Å². The first kappa shape index (κ1) is 14.4. The van der Waals surface area contributed by atoms with Crippen molar-refractivity contribution in [2.45, 2.75) is 34.6 Å². The van der Waals surface area contributed by atoms with Crippen molar-refractivity contribution >= 4 is 11.5 Å². The number of aryl methyl sites for hydroxylation is 1. The van der Waals surface area contributed by atoms with Gasteiger partial charge in [-0.3, -0.25) is 10.1 Å². The van der Waals surface area contributed by atoms with Crippen LogP contribution in [0.4, 0.5) is 11.5 Å². The van der Waals surface area contributed by atoms with E-state index in [9.17, 15) is 10.1 Å². The zero-order valence-electron chi connectivity index (χ0n) is 11.7. The number of nitrogens with one attached hydrogen (secondary N) is 1. The highest BCUT2D eigenvalue weighted by Crippen LogP contribution is 2.27. The second-order valence-corrected chi connectivity index (χ2v) is 5.79. The second kappa shape index (κ2) is 5.33. The third-order valence-electron chi connectivity index (χ3n) is 3.26. The van der Waals surface area contributed by atoms with E-state index in [1.165, 1.54) is 6.07 Å². The fourth-order valence-corrected chi connectivity index (χ4v) is 1.39. The van der Waals surface area contributed by atoms with Crippen LogP contribution in [0, 0.1) is 28.4 Å². The Morgan fingerprint density at radius 2 is 2.11 bits per heavy atom. The van der Waals surface area contributed by atoms with Crippen LogP contribution in [0.2, 0.25) is 0 Å². The van der Waals surface area contributed by atoms with E-state index in [4.69, 9.17) is 0 Å². The highest BCUT2D eigenvalue weighted by Gasteiger charge is 2.21. The molecule has 1 aromatic rings. The van der Waals surface area contributed by atoms with Crippen LogP contribution in [0.5, 0.6) is 0 Å². The molecule has 0 bridgehead atoms. The van der Waals surface area contributed by atoms with Gasteiger partial charge in [0.1, 0.15) is 0 Å². The highest BCUT2D eigenvalue weighted by molar-refractivity contribution is 5.56.